The van der Waals surface area contributed by atoms with Crippen LogP contribution in [0.15, 0.2) is 22.6 Å². The normalized spacial score (nSPS) is 14.1. The average molecular weight is 420 g/mol. The van der Waals surface area contributed by atoms with Crippen molar-refractivity contribution >= 4 is 28.6 Å². The van der Waals surface area contributed by atoms with Gasteiger partial charge >= 0.3 is 0 Å². The summed E-state index contributed by atoms with van der Waals surface area (Å²) in [6, 6.07) is 3.42. The zero-order chi connectivity index (χ0) is 20.6. The van der Waals surface area contributed by atoms with Crippen LogP contribution in [0.4, 0.5) is 5.13 Å². The zero-order valence-electron chi connectivity index (χ0n) is 16.6. The van der Waals surface area contributed by atoms with Gasteiger partial charge in [0.15, 0.2) is 16.6 Å². The van der Waals surface area contributed by atoms with E-state index in [0.717, 1.165) is 18.2 Å². The number of nitrogens with one attached hydrogen (secondary N) is 1. The summed E-state index contributed by atoms with van der Waals surface area (Å²) < 4.78 is 21.2. The van der Waals surface area contributed by atoms with Crippen LogP contribution in [0.2, 0.25) is 0 Å². The highest BCUT2D eigenvalue weighted by Gasteiger charge is 2.16. The first kappa shape index (κ1) is 20.9. The van der Waals surface area contributed by atoms with Crippen molar-refractivity contribution in [2.24, 2.45) is 5.10 Å². The van der Waals surface area contributed by atoms with E-state index in [1.807, 2.05) is 5.38 Å². The van der Waals surface area contributed by atoms with E-state index in [2.05, 4.69) is 20.4 Å². The van der Waals surface area contributed by atoms with Gasteiger partial charge in [0.1, 0.15) is 5.75 Å². The molecule has 0 saturated carbocycles. The second-order valence-corrected chi connectivity index (χ2v) is 6.98. The number of morpholine rings is 1. The molecular weight excluding hydrogens is 396 g/mol. The van der Waals surface area contributed by atoms with E-state index in [-0.39, 0.29) is 12.3 Å². The molecule has 156 valence electrons. The van der Waals surface area contributed by atoms with Crippen LogP contribution in [0, 0.1) is 0 Å². The van der Waals surface area contributed by atoms with Crippen molar-refractivity contribution in [3.63, 3.8) is 0 Å². The molecule has 2 aromatic rings. The number of benzene rings is 1. The van der Waals surface area contributed by atoms with Crippen LogP contribution in [0.25, 0.3) is 0 Å². The number of hydrogen-bond donors (Lipinski definition) is 1. The molecule has 1 fully saturated rings. The van der Waals surface area contributed by atoms with Crippen LogP contribution in [-0.2, 0) is 16.0 Å². The third-order valence-electron chi connectivity index (χ3n) is 4.29. The number of carbonyl (C=O) groups is 1. The second kappa shape index (κ2) is 10.1. The molecule has 0 unspecified atom stereocenters. The molecule has 0 bridgehead atoms. The fourth-order valence-corrected chi connectivity index (χ4v) is 3.69. The Morgan fingerprint density at radius 2 is 1.90 bits per heavy atom. The lowest BCUT2D eigenvalue weighted by Crippen LogP contribution is -2.36. The number of amides is 1. The van der Waals surface area contributed by atoms with Crippen LogP contribution in [0.5, 0.6) is 17.2 Å². The molecule has 2 heterocycles. The minimum absolute atomic E-state index is 0.154. The fourth-order valence-electron chi connectivity index (χ4n) is 2.81. The maximum absolute atomic E-state index is 12.2. The third-order valence-corrected chi connectivity index (χ3v) is 5.24. The van der Waals surface area contributed by atoms with E-state index >= 15 is 0 Å². The molecule has 3 rings (SSSR count). The van der Waals surface area contributed by atoms with Crippen molar-refractivity contribution in [3.8, 4) is 17.2 Å². The molecule has 1 N–H and O–H groups in total. The number of aromatic nitrogens is 1. The summed E-state index contributed by atoms with van der Waals surface area (Å²) in [5.74, 6) is 1.39. The first-order chi connectivity index (χ1) is 14.1. The molecule has 9 nitrogen and oxygen atoms in total. The summed E-state index contributed by atoms with van der Waals surface area (Å²) in [5, 5.41) is 6.83. The number of rotatable bonds is 8. The van der Waals surface area contributed by atoms with Gasteiger partial charge in [-0.2, -0.15) is 5.10 Å². The average Bonchev–Trinajstić information content (AvgIpc) is 3.22. The quantitative estimate of drug-likeness (QED) is 0.513. The van der Waals surface area contributed by atoms with Crippen LogP contribution in [0.3, 0.4) is 0 Å². The van der Waals surface area contributed by atoms with E-state index in [1.54, 1.807) is 33.5 Å². The lowest BCUT2D eigenvalue weighted by atomic mass is 10.2. The smallest absolute Gasteiger partial charge is 0.246 e. The summed E-state index contributed by atoms with van der Waals surface area (Å²) >= 11 is 1.53. The second-order valence-electron chi connectivity index (χ2n) is 6.14. The van der Waals surface area contributed by atoms with Gasteiger partial charge in [-0.05, 0) is 6.07 Å². The van der Waals surface area contributed by atoms with E-state index in [0.29, 0.717) is 41.7 Å². The Kier molecular flexibility index (Phi) is 7.25. The lowest BCUT2D eigenvalue weighted by molar-refractivity contribution is -0.120. The number of hydrazone groups is 1. The van der Waals surface area contributed by atoms with Crippen LogP contribution in [-0.4, -0.2) is 64.7 Å². The molecule has 0 aliphatic carbocycles. The van der Waals surface area contributed by atoms with E-state index in [9.17, 15) is 4.79 Å². The standard InChI is InChI=1S/C19H24N4O5S/c1-25-15-10-17(27-3)16(26-2)8-13(15)11-20-22-18(24)9-14-12-29-19(21-14)23-4-6-28-7-5-23/h8,10-12H,4-7,9H2,1-3H3,(H,22,24)/b20-11-. The van der Waals surface area contributed by atoms with E-state index < -0.39 is 0 Å². The molecule has 1 aliphatic rings. The predicted octanol–water partition coefficient (Wildman–Crippen LogP) is 1.70. The van der Waals surface area contributed by atoms with Crippen LogP contribution < -0.4 is 24.5 Å². The molecule has 1 amide bonds. The molecule has 0 atom stereocenters. The molecule has 1 saturated heterocycles. The van der Waals surface area contributed by atoms with Crippen molar-refractivity contribution in [2.75, 3.05) is 52.5 Å². The van der Waals surface area contributed by atoms with Crippen LogP contribution >= 0.6 is 11.3 Å². The maximum atomic E-state index is 12.2. The van der Waals surface area contributed by atoms with E-state index in [4.69, 9.17) is 18.9 Å². The Bertz CT molecular complexity index is 864. The number of nitrogens with zero attached hydrogens (tertiary/aromatic N) is 3. The largest absolute Gasteiger partial charge is 0.496 e. The first-order valence-corrected chi connectivity index (χ1v) is 9.91. The molecular formula is C19H24N4O5S. The summed E-state index contributed by atoms with van der Waals surface area (Å²) in [6.07, 6.45) is 1.65. The van der Waals surface area contributed by atoms with Gasteiger partial charge in [0.05, 0.1) is 52.9 Å². The molecule has 1 aliphatic heterocycles. The third kappa shape index (κ3) is 5.36. The van der Waals surface area contributed by atoms with Gasteiger partial charge in [-0.15, -0.1) is 11.3 Å². The molecule has 10 heteroatoms. The van der Waals surface area contributed by atoms with Crippen molar-refractivity contribution in [1.29, 1.82) is 0 Å². The van der Waals surface area contributed by atoms with Gasteiger partial charge in [0, 0.05) is 30.1 Å². The van der Waals surface area contributed by atoms with Gasteiger partial charge in [-0.1, -0.05) is 0 Å². The SMILES string of the molecule is COc1cc(OC)c(OC)cc1/C=N\NC(=O)Cc1csc(N2CCOCC2)n1. The van der Waals surface area contributed by atoms with Crippen molar-refractivity contribution < 1.29 is 23.7 Å². The predicted molar refractivity (Wildman–Crippen MR) is 111 cm³/mol. The first-order valence-electron chi connectivity index (χ1n) is 9.03. The lowest BCUT2D eigenvalue weighted by Gasteiger charge is -2.26. The Morgan fingerprint density at radius 3 is 2.59 bits per heavy atom. The number of carbonyl (C=O) groups excluding carboxylic acids is 1. The Balaban J connectivity index is 1.59. The maximum Gasteiger partial charge on any atom is 0.246 e. The monoisotopic (exact) mass is 420 g/mol. The van der Waals surface area contributed by atoms with Crippen molar-refractivity contribution in [2.45, 2.75) is 6.42 Å². The van der Waals surface area contributed by atoms with Gasteiger partial charge in [0.25, 0.3) is 0 Å². The number of methoxy groups -OCH3 is 3. The zero-order valence-corrected chi connectivity index (χ0v) is 17.5. The Hall–Kier alpha value is -2.85. The Morgan fingerprint density at radius 1 is 1.21 bits per heavy atom. The van der Waals surface area contributed by atoms with Crippen molar-refractivity contribution in [1.82, 2.24) is 10.4 Å². The molecule has 0 spiro atoms. The van der Waals surface area contributed by atoms with Gasteiger partial charge in [0.2, 0.25) is 5.91 Å². The highest BCUT2D eigenvalue weighted by atomic mass is 32.1. The summed E-state index contributed by atoms with van der Waals surface area (Å²) in [7, 11) is 4.64. The van der Waals surface area contributed by atoms with Gasteiger partial charge in [-0.25, -0.2) is 10.4 Å². The summed E-state index contributed by atoms with van der Waals surface area (Å²) in [6.45, 7) is 3.03. The summed E-state index contributed by atoms with van der Waals surface area (Å²) in [4.78, 5) is 18.9. The molecule has 1 aromatic carbocycles. The molecule has 0 radical (unpaired) electrons. The van der Waals surface area contributed by atoms with E-state index in [1.165, 1.54) is 17.6 Å². The number of anilines is 1. The highest BCUT2D eigenvalue weighted by Crippen LogP contribution is 2.33. The molecule has 29 heavy (non-hydrogen) atoms. The summed E-state index contributed by atoms with van der Waals surface area (Å²) in [5.41, 5.74) is 3.88. The topological polar surface area (TPSA) is 94.5 Å². The van der Waals surface area contributed by atoms with Gasteiger partial charge < -0.3 is 23.8 Å². The number of hydrogen-bond acceptors (Lipinski definition) is 9. The minimum Gasteiger partial charge on any atom is -0.496 e. The molecule has 1 aromatic heterocycles. The fraction of sp³-hybridized carbons (Fsp3) is 0.421. The van der Waals surface area contributed by atoms with Gasteiger partial charge in [-0.3, -0.25) is 4.79 Å². The highest BCUT2D eigenvalue weighted by molar-refractivity contribution is 7.13. The minimum atomic E-state index is -0.250. The van der Waals surface area contributed by atoms with Crippen molar-refractivity contribution in [3.05, 3.63) is 28.8 Å². The number of ether oxygens (including phenoxy) is 4. The Labute approximate surface area is 173 Å². The number of thiazole rings is 1. The van der Waals surface area contributed by atoms with Crippen LogP contribution in [0.1, 0.15) is 11.3 Å².